The molecule has 15 heavy (non-hydrogen) atoms. The molecular formula is C8H10O7. The van der Waals surface area contributed by atoms with E-state index in [-0.39, 0.29) is 5.57 Å². The molecule has 84 valence electrons. The van der Waals surface area contributed by atoms with E-state index >= 15 is 0 Å². The molecule has 0 spiro atoms. The predicted octanol–water partition coefficient (Wildman–Crippen LogP) is 0.245. The van der Waals surface area contributed by atoms with Crippen LogP contribution in [0.2, 0.25) is 0 Å². The third kappa shape index (κ3) is 14.5. The van der Waals surface area contributed by atoms with Gasteiger partial charge in [0.05, 0.1) is 11.8 Å². The second-order valence-corrected chi connectivity index (χ2v) is 2.13. The molecule has 0 aliphatic rings. The van der Waals surface area contributed by atoms with Gasteiger partial charge in [-0.05, 0) is 6.92 Å². The van der Waals surface area contributed by atoms with Crippen LogP contribution < -0.4 is 0 Å². The molecule has 0 bridgehead atoms. The Bertz CT molecular complexity index is 284. The summed E-state index contributed by atoms with van der Waals surface area (Å²) in [7, 11) is 0. The molecule has 0 radical (unpaired) electrons. The predicted molar refractivity (Wildman–Crippen MR) is 48.4 cm³/mol. The van der Waals surface area contributed by atoms with Crippen molar-refractivity contribution < 1.29 is 34.8 Å². The number of aliphatic hydroxyl groups is 1. The number of aliphatic carboxylic acids is 3. The van der Waals surface area contributed by atoms with Crippen molar-refractivity contribution in [2.75, 3.05) is 0 Å². The van der Waals surface area contributed by atoms with Crippen LogP contribution in [0.3, 0.4) is 0 Å². The first kappa shape index (κ1) is 15.2. The zero-order valence-electron chi connectivity index (χ0n) is 7.75. The zero-order valence-corrected chi connectivity index (χ0v) is 7.75. The average molecular weight is 218 g/mol. The maximum Gasteiger partial charge on any atom is 0.334 e. The zero-order chi connectivity index (χ0) is 12.4. The fraction of sp³-hybridized carbons (Fsp3) is 0.125. The number of carboxylic acid groups (broad SMARTS) is 3. The Morgan fingerprint density at radius 2 is 1.27 bits per heavy atom. The summed E-state index contributed by atoms with van der Waals surface area (Å²) in [5.74, 6) is -3.61. The molecule has 0 atom stereocenters. The highest BCUT2D eigenvalue weighted by molar-refractivity contribution is 5.89. The van der Waals surface area contributed by atoms with Gasteiger partial charge in [-0.2, -0.15) is 0 Å². The molecule has 0 aromatic rings. The van der Waals surface area contributed by atoms with Crippen molar-refractivity contribution in [1.82, 2.24) is 0 Å². The van der Waals surface area contributed by atoms with E-state index in [0.717, 1.165) is 0 Å². The lowest BCUT2D eigenvalue weighted by molar-refractivity contribution is -0.134. The fourth-order valence-corrected chi connectivity index (χ4v) is 0.198. The smallest absolute Gasteiger partial charge is 0.334 e. The molecule has 0 aromatic carbocycles. The van der Waals surface area contributed by atoms with Gasteiger partial charge < -0.3 is 20.4 Å². The van der Waals surface area contributed by atoms with Gasteiger partial charge in [0, 0.05) is 12.2 Å². The molecule has 0 aliphatic carbocycles. The molecule has 4 N–H and O–H groups in total. The van der Waals surface area contributed by atoms with Crippen molar-refractivity contribution in [2.45, 2.75) is 6.92 Å². The largest absolute Gasteiger partial charge is 0.515 e. The monoisotopic (exact) mass is 218 g/mol. The van der Waals surface area contributed by atoms with E-state index < -0.39 is 17.9 Å². The molecule has 7 heteroatoms. The van der Waals surface area contributed by atoms with E-state index in [1.54, 1.807) is 0 Å². The molecule has 0 saturated carbocycles. The first-order chi connectivity index (χ1) is 6.81. The van der Waals surface area contributed by atoms with Crippen LogP contribution in [-0.4, -0.2) is 38.3 Å². The first-order valence-electron chi connectivity index (χ1n) is 3.49. The molecule has 0 unspecified atom stereocenters. The average Bonchev–Trinajstić information content (AvgIpc) is 2.14. The normalized spacial score (nSPS) is 10.3. The van der Waals surface area contributed by atoms with Gasteiger partial charge in [-0.25, -0.2) is 14.4 Å². The Balaban J connectivity index is 0. The highest BCUT2D eigenvalue weighted by Gasteiger charge is 1.95. The maximum absolute atomic E-state index is 9.70. The number of hydrogen-bond acceptors (Lipinski definition) is 4. The number of carbonyl (C=O) groups is 3. The van der Waals surface area contributed by atoms with Crippen LogP contribution in [0.4, 0.5) is 0 Å². The molecule has 0 heterocycles. The van der Waals surface area contributed by atoms with Gasteiger partial charge in [-0.1, -0.05) is 0 Å². The summed E-state index contributed by atoms with van der Waals surface area (Å²) in [6, 6.07) is 0. The molecule has 0 aliphatic heterocycles. The lowest BCUT2D eigenvalue weighted by Crippen LogP contribution is -1.94. The molecular weight excluding hydrogens is 208 g/mol. The highest BCUT2D eigenvalue weighted by Crippen LogP contribution is 1.86. The molecule has 0 amide bonds. The van der Waals surface area contributed by atoms with Gasteiger partial charge in [-0.15, -0.1) is 0 Å². The van der Waals surface area contributed by atoms with Crippen LogP contribution >= 0.6 is 0 Å². The molecule has 0 saturated heterocycles. The highest BCUT2D eigenvalue weighted by atomic mass is 16.4. The third-order valence-corrected chi connectivity index (χ3v) is 0.899. The van der Waals surface area contributed by atoms with Crippen molar-refractivity contribution in [3.05, 3.63) is 24.0 Å². The lowest BCUT2D eigenvalue weighted by atomic mass is 10.4. The van der Waals surface area contributed by atoms with Crippen molar-refractivity contribution in [2.24, 2.45) is 0 Å². The molecule has 7 nitrogen and oxygen atoms in total. The topological polar surface area (TPSA) is 132 Å². The Morgan fingerprint density at radius 1 is 0.933 bits per heavy atom. The Morgan fingerprint density at radius 3 is 1.33 bits per heavy atom. The quantitative estimate of drug-likeness (QED) is 0.394. The maximum atomic E-state index is 9.70. The molecule has 0 aromatic heterocycles. The van der Waals surface area contributed by atoms with E-state index in [9.17, 15) is 14.4 Å². The van der Waals surface area contributed by atoms with Gasteiger partial charge >= 0.3 is 17.9 Å². The van der Waals surface area contributed by atoms with Crippen molar-refractivity contribution in [3.8, 4) is 0 Å². The summed E-state index contributed by atoms with van der Waals surface area (Å²) in [5.41, 5.74) is -0.0556. The van der Waals surface area contributed by atoms with Crippen LogP contribution in [0.15, 0.2) is 24.0 Å². The number of carboxylic acids is 3. The van der Waals surface area contributed by atoms with Gasteiger partial charge in [0.2, 0.25) is 0 Å². The van der Waals surface area contributed by atoms with Crippen LogP contribution in [0, 0.1) is 0 Å². The molecule has 0 fully saturated rings. The summed E-state index contributed by atoms with van der Waals surface area (Å²) in [6.45, 7) is 1.31. The van der Waals surface area contributed by atoms with E-state index in [1.807, 2.05) is 0 Å². The summed E-state index contributed by atoms with van der Waals surface area (Å²) in [4.78, 5) is 28.8. The Hall–Kier alpha value is -2.31. The number of hydrogen-bond donors (Lipinski definition) is 4. The standard InChI is InChI=1S/C4H4O4.C4H6O3/c5-3(6)1-2-4(7)8;1-3(2-5)4(6)7/h1-2H,(H,5,6)(H,7,8);2,5H,1H3,(H,6,7)/b2-1-;. The Labute approximate surface area is 84.6 Å². The minimum absolute atomic E-state index is 0.0556. The lowest BCUT2D eigenvalue weighted by Gasteiger charge is -1.83. The first-order valence-corrected chi connectivity index (χ1v) is 3.49. The SMILES string of the molecule is CC(=CO)C(=O)O.O=C(O)/C=C\C(=O)O. The van der Waals surface area contributed by atoms with Gasteiger partial charge in [0.25, 0.3) is 0 Å². The van der Waals surface area contributed by atoms with E-state index in [1.165, 1.54) is 6.92 Å². The summed E-state index contributed by atoms with van der Waals surface area (Å²) in [6.07, 6.45) is 1.67. The number of aliphatic hydroxyl groups excluding tert-OH is 1. The van der Waals surface area contributed by atoms with Crippen molar-refractivity contribution in [1.29, 1.82) is 0 Å². The summed E-state index contributed by atoms with van der Waals surface area (Å²) >= 11 is 0. The van der Waals surface area contributed by atoms with E-state index in [4.69, 9.17) is 20.4 Å². The fourth-order valence-electron chi connectivity index (χ4n) is 0.198. The second-order valence-electron chi connectivity index (χ2n) is 2.13. The minimum Gasteiger partial charge on any atom is -0.515 e. The Kier molecular flexibility index (Phi) is 8.39. The third-order valence-electron chi connectivity index (χ3n) is 0.899. The summed E-state index contributed by atoms with van der Waals surface area (Å²) < 4.78 is 0. The van der Waals surface area contributed by atoms with Crippen LogP contribution in [0.5, 0.6) is 0 Å². The number of rotatable bonds is 3. The minimum atomic E-state index is -1.26. The van der Waals surface area contributed by atoms with Crippen LogP contribution in [0.1, 0.15) is 6.92 Å². The van der Waals surface area contributed by atoms with E-state index in [2.05, 4.69) is 0 Å². The van der Waals surface area contributed by atoms with Crippen molar-refractivity contribution >= 4 is 17.9 Å². The van der Waals surface area contributed by atoms with Crippen molar-refractivity contribution in [3.63, 3.8) is 0 Å². The van der Waals surface area contributed by atoms with Gasteiger partial charge in [-0.3, -0.25) is 0 Å². The van der Waals surface area contributed by atoms with Crippen LogP contribution in [0.25, 0.3) is 0 Å². The van der Waals surface area contributed by atoms with Gasteiger partial charge in [0.15, 0.2) is 0 Å². The van der Waals surface area contributed by atoms with Crippen LogP contribution in [-0.2, 0) is 14.4 Å². The van der Waals surface area contributed by atoms with E-state index in [0.29, 0.717) is 18.4 Å². The van der Waals surface area contributed by atoms with Gasteiger partial charge in [0.1, 0.15) is 0 Å². The molecule has 0 rings (SSSR count). The second kappa shape index (κ2) is 8.30. The summed E-state index contributed by atoms with van der Waals surface area (Å²) in [5, 5.41) is 31.5.